The maximum Gasteiger partial charge on any atom is 0.133 e. The van der Waals surface area contributed by atoms with Crippen molar-refractivity contribution in [2.75, 3.05) is 17.6 Å². The summed E-state index contributed by atoms with van der Waals surface area (Å²) in [4.78, 5) is 8.81. The monoisotopic (exact) mass is 267 g/mol. The van der Waals surface area contributed by atoms with Crippen LogP contribution in [0.1, 0.15) is 52.0 Å². The number of rotatable bonds is 9. The van der Waals surface area contributed by atoms with Crippen LogP contribution in [0.4, 0.5) is 5.82 Å². The Kier molecular flexibility index (Phi) is 7.81. The SMILES string of the molecule is CCCCCSc1ncnc(NCC)c1CCC. The molecule has 0 saturated heterocycles. The molecule has 0 unspecified atom stereocenters. The van der Waals surface area contributed by atoms with Gasteiger partial charge in [0.05, 0.1) is 0 Å². The van der Waals surface area contributed by atoms with E-state index in [1.165, 1.54) is 29.9 Å². The van der Waals surface area contributed by atoms with Gasteiger partial charge in [0.2, 0.25) is 0 Å². The lowest BCUT2D eigenvalue weighted by molar-refractivity contribution is 0.777. The molecule has 0 aliphatic carbocycles. The minimum Gasteiger partial charge on any atom is -0.370 e. The molecule has 1 heterocycles. The molecule has 0 aromatic carbocycles. The van der Waals surface area contributed by atoms with Gasteiger partial charge in [-0.3, -0.25) is 0 Å². The van der Waals surface area contributed by atoms with Crippen LogP contribution in [-0.4, -0.2) is 22.3 Å². The Labute approximate surface area is 115 Å². The second-order valence-corrected chi connectivity index (χ2v) is 5.43. The summed E-state index contributed by atoms with van der Waals surface area (Å²) in [5.41, 5.74) is 1.29. The zero-order valence-electron chi connectivity index (χ0n) is 11.8. The highest BCUT2D eigenvalue weighted by atomic mass is 32.2. The van der Waals surface area contributed by atoms with Crippen LogP contribution in [0, 0.1) is 0 Å². The van der Waals surface area contributed by atoms with Gasteiger partial charge in [0.15, 0.2) is 0 Å². The number of unbranched alkanes of at least 4 members (excludes halogenated alkanes) is 2. The average Bonchev–Trinajstić information content (AvgIpc) is 2.38. The van der Waals surface area contributed by atoms with E-state index in [0.29, 0.717) is 0 Å². The molecule has 0 aliphatic heterocycles. The van der Waals surface area contributed by atoms with E-state index in [1.54, 1.807) is 6.33 Å². The smallest absolute Gasteiger partial charge is 0.133 e. The zero-order chi connectivity index (χ0) is 13.2. The van der Waals surface area contributed by atoms with Gasteiger partial charge in [0, 0.05) is 12.1 Å². The van der Waals surface area contributed by atoms with E-state index in [1.807, 2.05) is 11.8 Å². The fourth-order valence-electron chi connectivity index (χ4n) is 1.84. The largest absolute Gasteiger partial charge is 0.370 e. The molecular formula is C14H25N3S. The van der Waals surface area contributed by atoms with E-state index in [4.69, 9.17) is 0 Å². The van der Waals surface area contributed by atoms with Crippen LogP contribution in [0.15, 0.2) is 11.4 Å². The lowest BCUT2D eigenvalue weighted by Crippen LogP contribution is -2.06. The molecule has 1 aromatic heterocycles. The summed E-state index contributed by atoms with van der Waals surface area (Å²) in [6.07, 6.45) is 7.72. The van der Waals surface area contributed by atoms with Crippen molar-refractivity contribution in [1.82, 2.24) is 9.97 Å². The van der Waals surface area contributed by atoms with Gasteiger partial charge in [0.1, 0.15) is 17.2 Å². The highest BCUT2D eigenvalue weighted by Gasteiger charge is 2.10. The molecule has 102 valence electrons. The first-order valence-electron chi connectivity index (χ1n) is 7.03. The highest BCUT2D eigenvalue weighted by molar-refractivity contribution is 7.99. The molecule has 0 bridgehead atoms. The topological polar surface area (TPSA) is 37.8 Å². The van der Waals surface area contributed by atoms with Crippen LogP contribution in [0.2, 0.25) is 0 Å². The summed E-state index contributed by atoms with van der Waals surface area (Å²) in [5, 5.41) is 4.50. The number of hydrogen-bond donors (Lipinski definition) is 1. The summed E-state index contributed by atoms with van der Waals surface area (Å²) in [5.74, 6) is 2.18. The minimum absolute atomic E-state index is 0.910. The van der Waals surface area contributed by atoms with Crippen molar-refractivity contribution in [3.05, 3.63) is 11.9 Å². The van der Waals surface area contributed by atoms with Crippen molar-refractivity contribution in [3.63, 3.8) is 0 Å². The first-order chi connectivity index (χ1) is 8.83. The first-order valence-corrected chi connectivity index (χ1v) is 8.02. The van der Waals surface area contributed by atoms with E-state index in [2.05, 4.69) is 36.1 Å². The van der Waals surface area contributed by atoms with E-state index >= 15 is 0 Å². The Hall–Kier alpha value is -0.770. The van der Waals surface area contributed by atoms with Crippen LogP contribution < -0.4 is 5.32 Å². The first kappa shape index (κ1) is 15.3. The molecule has 1 N–H and O–H groups in total. The summed E-state index contributed by atoms with van der Waals surface area (Å²) < 4.78 is 0. The quantitative estimate of drug-likeness (QED) is 0.414. The Morgan fingerprint density at radius 3 is 2.61 bits per heavy atom. The molecule has 18 heavy (non-hydrogen) atoms. The predicted octanol–water partition coefficient (Wildman–Crippen LogP) is 4.14. The lowest BCUT2D eigenvalue weighted by atomic mass is 10.2. The van der Waals surface area contributed by atoms with Gasteiger partial charge in [-0.1, -0.05) is 33.1 Å². The Bertz CT molecular complexity index is 342. The van der Waals surface area contributed by atoms with Gasteiger partial charge in [0.25, 0.3) is 0 Å². The third-order valence-electron chi connectivity index (χ3n) is 2.74. The second-order valence-electron chi connectivity index (χ2n) is 4.34. The number of nitrogens with one attached hydrogen (secondary N) is 1. The third-order valence-corrected chi connectivity index (χ3v) is 3.85. The van der Waals surface area contributed by atoms with E-state index in [-0.39, 0.29) is 0 Å². The van der Waals surface area contributed by atoms with Gasteiger partial charge in [-0.15, -0.1) is 11.8 Å². The van der Waals surface area contributed by atoms with Crippen molar-refractivity contribution in [2.45, 2.75) is 57.9 Å². The Morgan fingerprint density at radius 2 is 1.94 bits per heavy atom. The van der Waals surface area contributed by atoms with Crippen LogP contribution in [-0.2, 0) is 6.42 Å². The number of thioether (sulfide) groups is 1. The second kappa shape index (κ2) is 9.20. The predicted molar refractivity (Wildman–Crippen MR) is 80.4 cm³/mol. The van der Waals surface area contributed by atoms with Crippen molar-refractivity contribution in [1.29, 1.82) is 0 Å². The Morgan fingerprint density at radius 1 is 1.11 bits per heavy atom. The van der Waals surface area contributed by atoms with Crippen LogP contribution in [0.5, 0.6) is 0 Å². The van der Waals surface area contributed by atoms with Crippen molar-refractivity contribution >= 4 is 17.6 Å². The standard InChI is InChI=1S/C14H25N3S/c1-4-7-8-10-18-14-12(9-5-2)13(15-6-3)16-11-17-14/h11H,4-10H2,1-3H3,(H,15,16,17). The van der Waals surface area contributed by atoms with Gasteiger partial charge in [-0.05, 0) is 25.5 Å². The molecule has 4 heteroatoms. The van der Waals surface area contributed by atoms with Gasteiger partial charge in [-0.2, -0.15) is 0 Å². The van der Waals surface area contributed by atoms with Gasteiger partial charge >= 0.3 is 0 Å². The summed E-state index contributed by atoms with van der Waals surface area (Å²) in [6, 6.07) is 0. The molecule has 3 nitrogen and oxygen atoms in total. The number of aromatic nitrogens is 2. The molecule has 0 amide bonds. The molecular weight excluding hydrogens is 242 g/mol. The highest BCUT2D eigenvalue weighted by Crippen LogP contribution is 2.26. The molecule has 0 radical (unpaired) electrons. The fraction of sp³-hybridized carbons (Fsp3) is 0.714. The Balaban J connectivity index is 2.71. The van der Waals surface area contributed by atoms with Gasteiger partial charge in [-0.25, -0.2) is 9.97 Å². The van der Waals surface area contributed by atoms with Crippen LogP contribution in [0.3, 0.4) is 0 Å². The summed E-state index contributed by atoms with van der Waals surface area (Å²) in [6.45, 7) is 7.45. The maximum atomic E-state index is 4.45. The minimum atomic E-state index is 0.910. The van der Waals surface area contributed by atoms with Crippen molar-refractivity contribution in [2.24, 2.45) is 0 Å². The molecule has 0 fully saturated rings. The zero-order valence-corrected chi connectivity index (χ0v) is 12.6. The van der Waals surface area contributed by atoms with Crippen molar-refractivity contribution in [3.8, 4) is 0 Å². The number of nitrogens with zero attached hydrogens (tertiary/aromatic N) is 2. The van der Waals surface area contributed by atoms with Crippen molar-refractivity contribution < 1.29 is 0 Å². The third kappa shape index (κ3) is 4.84. The fourth-order valence-corrected chi connectivity index (χ4v) is 2.87. The molecule has 0 saturated carbocycles. The molecule has 1 rings (SSSR count). The summed E-state index contributed by atoms with van der Waals surface area (Å²) >= 11 is 1.88. The van der Waals surface area contributed by atoms with E-state index < -0.39 is 0 Å². The van der Waals surface area contributed by atoms with Gasteiger partial charge < -0.3 is 5.32 Å². The average molecular weight is 267 g/mol. The normalized spacial score (nSPS) is 10.6. The van der Waals surface area contributed by atoms with E-state index in [0.717, 1.165) is 31.0 Å². The maximum absolute atomic E-state index is 4.45. The molecule has 0 atom stereocenters. The van der Waals surface area contributed by atoms with E-state index in [9.17, 15) is 0 Å². The number of anilines is 1. The molecule has 1 aromatic rings. The molecule has 0 aliphatic rings. The van der Waals surface area contributed by atoms with Crippen LogP contribution >= 0.6 is 11.8 Å². The lowest BCUT2D eigenvalue weighted by Gasteiger charge is -2.12. The molecule has 0 spiro atoms. The number of hydrogen-bond acceptors (Lipinski definition) is 4. The summed E-state index contributed by atoms with van der Waals surface area (Å²) in [7, 11) is 0. The van der Waals surface area contributed by atoms with Crippen LogP contribution in [0.25, 0.3) is 0 Å².